The zero-order valence-corrected chi connectivity index (χ0v) is 16.4. The average Bonchev–Trinajstić information content (AvgIpc) is 2.81. The fourth-order valence-electron chi connectivity index (χ4n) is 2.79. The Morgan fingerprint density at radius 1 is 1.12 bits per heavy atom. The zero-order chi connectivity index (χ0) is 18.8. The second kappa shape index (κ2) is 7.60. The Morgan fingerprint density at radius 2 is 1.77 bits per heavy atom. The molecular formula is C19H20ClN3O2S. The number of nitrogens with one attached hydrogen (secondary N) is 1. The van der Waals surface area contributed by atoms with Crippen LogP contribution in [-0.4, -0.2) is 15.0 Å². The van der Waals surface area contributed by atoms with Crippen molar-refractivity contribution in [1.82, 2.24) is 9.13 Å². The van der Waals surface area contributed by atoms with Crippen LogP contribution in [0.2, 0.25) is 5.02 Å². The summed E-state index contributed by atoms with van der Waals surface area (Å²) in [5.41, 5.74) is 2.15. The quantitative estimate of drug-likeness (QED) is 0.702. The maximum absolute atomic E-state index is 12.3. The van der Waals surface area contributed by atoms with E-state index in [4.69, 9.17) is 11.6 Å². The van der Waals surface area contributed by atoms with Gasteiger partial charge in [-0.2, -0.15) is 0 Å². The molecule has 0 fully saturated rings. The molecule has 0 spiro atoms. The van der Waals surface area contributed by atoms with E-state index in [1.54, 1.807) is 23.2 Å². The lowest BCUT2D eigenvalue weighted by Gasteiger charge is -2.13. The lowest BCUT2D eigenvalue weighted by molar-refractivity contribution is -0.116. The molecule has 2 aromatic carbocycles. The lowest BCUT2D eigenvalue weighted by Crippen LogP contribution is -2.19. The van der Waals surface area contributed by atoms with Crippen molar-refractivity contribution in [3.8, 4) is 0 Å². The van der Waals surface area contributed by atoms with Crippen LogP contribution in [0.1, 0.15) is 19.8 Å². The first-order valence-corrected chi connectivity index (χ1v) is 9.53. The number of imidazole rings is 1. The molecule has 0 saturated carbocycles. The molecule has 0 aliphatic rings. The van der Waals surface area contributed by atoms with Crippen molar-refractivity contribution in [1.29, 1.82) is 0 Å². The van der Waals surface area contributed by atoms with Crippen molar-refractivity contribution in [2.75, 3.05) is 5.32 Å². The molecule has 1 aromatic heterocycles. The van der Waals surface area contributed by atoms with Crippen molar-refractivity contribution in [3.05, 3.63) is 51.9 Å². The van der Waals surface area contributed by atoms with E-state index < -0.39 is 0 Å². The summed E-state index contributed by atoms with van der Waals surface area (Å²) in [5.74, 6) is -0.0474. The molecule has 1 N–H and O–H groups in total. The Bertz CT molecular complexity index is 1040. The second-order valence-corrected chi connectivity index (χ2v) is 7.56. The fourth-order valence-corrected chi connectivity index (χ4v) is 3.98. The minimum Gasteiger partial charge on any atom is -0.325 e. The molecule has 0 aliphatic carbocycles. The lowest BCUT2D eigenvalue weighted by atomic mass is 10.2. The number of fused-ring (bicyclic) bond motifs is 1. The van der Waals surface area contributed by atoms with Gasteiger partial charge in [0.2, 0.25) is 5.91 Å². The fraction of sp³-hybridized carbons (Fsp3) is 0.263. The van der Waals surface area contributed by atoms with Crippen LogP contribution in [0.4, 0.5) is 5.69 Å². The maximum Gasteiger partial charge on any atom is 0.328 e. The summed E-state index contributed by atoms with van der Waals surface area (Å²) in [6.07, 6.45) is 1.22. The predicted molar refractivity (Wildman–Crippen MR) is 107 cm³/mol. The minimum atomic E-state index is -0.106. The Morgan fingerprint density at radius 3 is 2.42 bits per heavy atom. The number of hydrogen-bond donors (Lipinski definition) is 1. The third kappa shape index (κ3) is 3.52. The van der Waals surface area contributed by atoms with Gasteiger partial charge < -0.3 is 5.32 Å². The molecule has 5 nitrogen and oxygen atoms in total. The van der Waals surface area contributed by atoms with Gasteiger partial charge >= 0.3 is 5.69 Å². The SMILES string of the molecule is CCCC(=O)Nc1cc2c(cc1Sc1ccccc1Cl)n(C)c(=O)n2C. The molecule has 0 saturated heterocycles. The molecule has 7 heteroatoms. The molecule has 1 heterocycles. The minimum absolute atomic E-state index is 0.0474. The van der Waals surface area contributed by atoms with E-state index in [1.165, 1.54) is 11.8 Å². The van der Waals surface area contributed by atoms with Gasteiger partial charge in [0.05, 0.1) is 21.7 Å². The van der Waals surface area contributed by atoms with E-state index in [2.05, 4.69) is 5.32 Å². The standard InChI is InChI=1S/C19H20ClN3O2S/c1-4-7-18(24)21-13-10-14-15(23(3)19(25)22(14)2)11-17(13)26-16-9-6-5-8-12(16)20/h5-6,8-11H,4,7H2,1-3H3,(H,21,24). The number of benzene rings is 2. The molecule has 0 atom stereocenters. The van der Waals surface area contributed by atoms with Crippen LogP contribution in [0.3, 0.4) is 0 Å². The first kappa shape index (κ1) is 18.6. The number of carbonyl (C=O) groups is 1. The summed E-state index contributed by atoms with van der Waals surface area (Å²) in [6, 6.07) is 11.3. The van der Waals surface area contributed by atoms with E-state index in [0.717, 1.165) is 27.2 Å². The summed E-state index contributed by atoms with van der Waals surface area (Å²) in [6.45, 7) is 1.96. The number of aromatic nitrogens is 2. The Hall–Kier alpha value is -2.18. The first-order chi connectivity index (χ1) is 12.4. The second-order valence-electron chi connectivity index (χ2n) is 6.07. The van der Waals surface area contributed by atoms with E-state index >= 15 is 0 Å². The van der Waals surface area contributed by atoms with Gasteiger partial charge in [-0.05, 0) is 30.7 Å². The molecule has 0 aliphatic heterocycles. The van der Waals surface area contributed by atoms with Gasteiger partial charge in [0.15, 0.2) is 0 Å². The van der Waals surface area contributed by atoms with Crippen LogP contribution in [0.15, 0.2) is 51.0 Å². The van der Waals surface area contributed by atoms with E-state index in [9.17, 15) is 9.59 Å². The molecule has 3 aromatic rings. The molecule has 0 radical (unpaired) electrons. The summed E-state index contributed by atoms with van der Waals surface area (Å²) >= 11 is 7.76. The van der Waals surface area contributed by atoms with E-state index in [0.29, 0.717) is 17.1 Å². The number of carbonyl (C=O) groups excluding carboxylic acids is 1. The topological polar surface area (TPSA) is 56.0 Å². The number of anilines is 1. The number of nitrogens with zero attached hydrogens (tertiary/aromatic N) is 2. The highest BCUT2D eigenvalue weighted by molar-refractivity contribution is 7.99. The van der Waals surface area contributed by atoms with Crippen LogP contribution < -0.4 is 11.0 Å². The summed E-state index contributed by atoms with van der Waals surface area (Å²) in [7, 11) is 3.47. The van der Waals surface area contributed by atoms with Crippen LogP contribution in [-0.2, 0) is 18.9 Å². The van der Waals surface area contributed by atoms with Crippen LogP contribution >= 0.6 is 23.4 Å². The molecule has 0 bridgehead atoms. The number of amides is 1. The number of rotatable bonds is 5. The van der Waals surface area contributed by atoms with Gasteiger partial charge in [-0.1, -0.05) is 42.4 Å². The van der Waals surface area contributed by atoms with Gasteiger partial charge in [-0.3, -0.25) is 13.9 Å². The Kier molecular flexibility index (Phi) is 5.44. The highest BCUT2D eigenvalue weighted by Crippen LogP contribution is 2.39. The monoisotopic (exact) mass is 389 g/mol. The Labute approximate surface area is 161 Å². The van der Waals surface area contributed by atoms with Gasteiger partial charge in [0.1, 0.15) is 0 Å². The molecule has 1 amide bonds. The van der Waals surface area contributed by atoms with Crippen LogP contribution in [0.5, 0.6) is 0 Å². The predicted octanol–water partition coefficient (Wildman–Crippen LogP) is 4.42. The van der Waals surface area contributed by atoms with Gasteiger partial charge in [-0.15, -0.1) is 0 Å². The van der Waals surface area contributed by atoms with Crippen molar-refractivity contribution in [2.45, 2.75) is 29.6 Å². The highest BCUT2D eigenvalue weighted by Gasteiger charge is 2.15. The smallest absolute Gasteiger partial charge is 0.325 e. The Balaban J connectivity index is 2.14. The molecule has 3 rings (SSSR count). The van der Waals surface area contributed by atoms with Crippen LogP contribution in [0, 0.1) is 0 Å². The van der Waals surface area contributed by atoms with Gasteiger partial charge in [-0.25, -0.2) is 4.79 Å². The average molecular weight is 390 g/mol. The third-order valence-electron chi connectivity index (χ3n) is 4.18. The van der Waals surface area contributed by atoms with Gasteiger partial charge in [0.25, 0.3) is 0 Å². The van der Waals surface area contributed by atoms with E-state index in [1.807, 2.05) is 43.3 Å². The highest BCUT2D eigenvalue weighted by atomic mass is 35.5. The van der Waals surface area contributed by atoms with Crippen LogP contribution in [0.25, 0.3) is 11.0 Å². The molecular weight excluding hydrogens is 370 g/mol. The van der Waals surface area contributed by atoms with Crippen molar-refractivity contribution in [2.24, 2.45) is 14.1 Å². The maximum atomic E-state index is 12.3. The molecule has 136 valence electrons. The number of halogens is 1. The molecule has 26 heavy (non-hydrogen) atoms. The summed E-state index contributed by atoms with van der Waals surface area (Å²) in [4.78, 5) is 26.1. The first-order valence-electron chi connectivity index (χ1n) is 8.34. The number of hydrogen-bond acceptors (Lipinski definition) is 3. The van der Waals surface area contributed by atoms with Crippen molar-refractivity contribution in [3.63, 3.8) is 0 Å². The van der Waals surface area contributed by atoms with Gasteiger partial charge in [0, 0.05) is 30.3 Å². The van der Waals surface area contributed by atoms with E-state index in [-0.39, 0.29) is 11.6 Å². The largest absolute Gasteiger partial charge is 0.328 e. The normalized spacial score (nSPS) is 11.1. The zero-order valence-electron chi connectivity index (χ0n) is 14.9. The summed E-state index contributed by atoms with van der Waals surface area (Å²) in [5, 5.41) is 3.62. The number of aryl methyl sites for hydroxylation is 2. The molecule has 0 unspecified atom stereocenters. The summed E-state index contributed by atoms with van der Waals surface area (Å²) < 4.78 is 3.18. The van der Waals surface area contributed by atoms with Crippen molar-refractivity contribution < 1.29 is 4.79 Å². The third-order valence-corrected chi connectivity index (χ3v) is 5.76. The van der Waals surface area contributed by atoms with Crippen molar-refractivity contribution >= 4 is 46.0 Å².